The van der Waals surface area contributed by atoms with Gasteiger partial charge in [-0.2, -0.15) is 0 Å². The lowest BCUT2D eigenvalue weighted by Gasteiger charge is -2.31. The smallest absolute Gasteiger partial charge is 0.322 e. The van der Waals surface area contributed by atoms with Crippen LogP contribution in [-0.4, -0.2) is 41.4 Å². The fourth-order valence-corrected chi connectivity index (χ4v) is 4.53. The zero-order valence-electron chi connectivity index (χ0n) is 20.6. The van der Waals surface area contributed by atoms with Crippen molar-refractivity contribution in [2.45, 2.75) is 46.3 Å². The molecule has 0 saturated carbocycles. The number of para-hydroxylation sites is 2. The minimum Gasteiger partial charge on any atom is -0.495 e. The van der Waals surface area contributed by atoms with Crippen LogP contribution in [0.2, 0.25) is 0 Å². The molecule has 0 bridgehead atoms. The molecular formula is C27H32FN3O3S. The van der Waals surface area contributed by atoms with Crippen molar-refractivity contribution in [2.24, 2.45) is 0 Å². The zero-order chi connectivity index (χ0) is 25.4. The van der Waals surface area contributed by atoms with Crippen LogP contribution in [0, 0.1) is 12.7 Å². The molecule has 1 atom stereocenters. The Bertz CT molecular complexity index is 1130. The minimum absolute atomic E-state index is 0.0817. The second-order valence-corrected chi connectivity index (χ2v) is 9.42. The van der Waals surface area contributed by atoms with Crippen molar-refractivity contribution >= 4 is 29.0 Å². The van der Waals surface area contributed by atoms with Gasteiger partial charge in [-0.3, -0.25) is 4.79 Å². The zero-order valence-corrected chi connectivity index (χ0v) is 21.4. The van der Waals surface area contributed by atoms with E-state index in [4.69, 9.17) is 4.74 Å². The first-order valence-corrected chi connectivity index (χ1v) is 12.5. The average molecular weight is 498 g/mol. The lowest BCUT2D eigenvalue weighted by Crippen LogP contribution is -2.47. The van der Waals surface area contributed by atoms with Crippen LogP contribution in [-0.2, 0) is 17.9 Å². The first-order chi connectivity index (χ1) is 16.8. The summed E-state index contributed by atoms with van der Waals surface area (Å²) in [5.74, 6) is 0.0386. The summed E-state index contributed by atoms with van der Waals surface area (Å²) in [4.78, 5) is 31.2. The fraction of sp³-hybridized carbons (Fsp3) is 0.333. The van der Waals surface area contributed by atoms with Crippen molar-refractivity contribution < 1.29 is 18.7 Å². The molecule has 186 valence electrons. The molecule has 0 aliphatic heterocycles. The van der Waals surface area contributed by atoms with E-state index in [1.165, 1.54) is 12.1 Å². The van der Waals surface area contributed by atoms with Crippen LogP contribution in [0.1, 0.15) is 36.3 Å². The van der Waals surface area contributed by atoms with Gasteiger partial charge in [-0.1, -0.05) is 31.2 Å². The molecule has 0 spiro atoms. The normalized spacial score (nSPS) is 11.6. The molecule has 0 aliphatic carbocycles. The highest BCUT2D eigenvalue weighted by Crippen LogP contribution is 2.24. The van der Waals surface area contributed by atoms with E-state index in [0.29, 0.717) is 30.9 Å². The number of rotatable bonds is 10. The van der Waals surface area contributed by atoms with Gasteiger partial charge in [-0.05, 0) is 67.1 Å². The van der Waals surface area contributed by atoms with E-state index in [2.05, 4.69) is 5.32 Å². The molecule has 35 heavy (non-hydrogen) atoms. The topological polar surface area (TPSA) is 61.9 Å². The highest BCUT2D eigenvalue weighted by Gasteiger charge is 2.26. The first-order valence-electron chi connectivity index (χ1n) is 11.6. The second kappa shape index (κ2) is 12.4. The van der Waals surface area contributed by atoms with E-state index in [0.717, 1.165) is 16.0 Å². The van der Waals surface area contributed by atoms with E-state index in [9.17, 15) is 14.0 Å². The maximum Gasteiger partial charge on any atom is 0.322 e. The number of carbonyl (C=O) groups is 2. The predicted octanol–water partition coefficient (Wildman–Crippen LogP) is 6.07. The van der Waals surface area contributed by atoms with Gasteiger partial charge in [-0.25, -0.2) is 9.18 Å². The minimum atomic E-state index is -0.369. The van der Waals surface area contributed by atoms with Crippen molar-refractivity contribution in [3.8, 4) is 5.75 Å². The number of halogens is 1. The van der Waals surface area contributed by atoms with Crippen LogP contribution in [0.5, 0.6) is 5.75 Å². The van der Waals surface area contributed by atoms with E-state index in [1.807, 2.05) is 44.4 Å². The Morgan fingerprint density at radius 1 is 1.09 bits per heavy atom. The number of aryl methyl sites for hydroxylation is 1. The van der Waals surface area contributed by atoms with Gasteiger partial charge in [0, 0.05) is 17.5 Å². The van der Waals surface area contributed by atoms with Gasteiger partial charge in [0.1, 0.15) is 18.1 Å². The lowest BCUT2D eigenvalue weighted by atomic mass is 10.2. The van der Waals surface area contributed by atoms with Crippen LogP contribution in [0.15, 0.2) is 60.0 Å². The van der Waals surface area contributed by atoms with Crippen molar-refractivity contribution in [3.63, 3.8) is 0 Å². The molecule has 1 heterocycles. The SMILES string of the molecule is CCC(C)N(CC(=O)N(Cc1ccc(F)cc1)Cc1sccc1C)C(=O)Nc1ccccc1OC. The number of thiophene rings is 1. The maximum atomic E-state index is 13.6. The number of nitrogens with zero attached hydrogens (tertiary/aromatic N) is 2. The Kier molecular flexibility index (Phi) is 9.25. The number of methoxy groups -OCH3 is 1. The Balaban J connectivity index is 1.82. The standard InChI is InChI=1S/C27H32FN3O3S/c1-5-20(3)31(27(33)29-23-8-6-7-9-24(23)34-4)18-26(32)30(17-25-19(2)14-15-35-25)16-21-10-12-22(28)13-11-21/h6-15,20H,5,16-18H2,1-4H3,(H,29,33). The average Bonchev–Trinajstić information content (AvgIpc) is 3.27. The van der Waals surface area contributed by atoms with Crippen LogP contribution in [0.25, 0.3) is 0 Å². The number of urea groups is 1. The Morgan fingerprint density at radius 3 is 2.43 bits per heavy atom. The van der Waals surface area contributed by atoms with Crippen LogP contribution in [0.3, 0.4) is 0 Å². The van der Waals surface area contributed by atoms with Gasteiger partial charge in [-0.15, -0.1) is 11.3 Å². The maximum absolute atomic E-state index is 13.6. The quantitative estimate of drug-likeness (QED) is 0.370. The molecule has 2 aromatic carbocycles. The van der Waals surface area contributed by atoms with E-state index < -0.39 is 0 Å². The molecule has 1 aromatic heterocycles. The van der Waals surface area contributed by atoms with Crippen molar-refractivity contribution in [2.75, 3.05) is 19.0 Å². The molecule has 1 N–H and O–H groups in total. The molecule has 0 fully saturated rings. The molecule has 1 unspecified atom stereocenters. The molecule has 8 heteroatoms. The molecular weight excluding hydrogens is 465 g/mol. The van der Waals surface area contributed by atoms with Gasteiger partial charge in [0.05, 0.1) is 19.3 Å². The highest BCUT2D eigenvalue weighted by atomic mass is 32.1. The van der Waals surface area contributed by atoms with E-state index >= 15 is 0 Å². The number of amides is 3. The number of nitrogens with one attached hydrogen (secondary N) is 1. The number of hydrogen-bond donors (Lipinski definition) is 1. The molecule has 0 aliphatic rings. The third-order valence-electron chi connectivity index (χ3n) is 5.98. The summed E-state index contributed by atoms with van der Waals surface area (Å²) in [5, 5.41) is 4.88. The van der Waals surface area contributed by atoms with E-state index in [-0.39, 0.29) is 30.3 Å². The summed E-state index contributed by atoms with van der Waals surface area (Å²) in [5.41, 5.74) is 2.47. The molecule has 3 aromatic rings. The third-order valence-corrected chi connectivity index (χ3v) is 6.99. The summed E-state index contributed by atoms with van der Waals surface area (Å²) in [6, 6.07) is 14.8. The summed E-state index contributed by atoms with van der Waals surface area (Å²) in [6.07, 6.45) is 0.689. The monoisotopic (exact) mass is 497 g/mol. The fourth-order valence-electron chi connectivity index (χ4n) is 3.61. The summed E-state index contributed by atoms with van der Waals surface area (Å²) in [6.45, 7) is 6.56. The summed E-state index contributed by atoms with van der Waals surface area (Å²) in [7, 11) is 1.54. The van der Waals surface area contributed by atoms with Crippen molar-refractivity contribution in [1.29, 1.82) is 0 Å². The third kappa shape index (κ3) is 7.05. The largest absolute Gasteiger partial charge is 0.495 e. The van der Waals surface area contributed by atoms with E-state index in [1.54, 1.807) is 52.5 Å². The van der Waals surface area contributed by atoms with Crippen LogP contribution >= 0.6 is 11.3 Å². The molecule has 3 amide bonds. The Hall–Kier alpha value is -3.39. The van der Waals surface area contributed by atoms with Crippen LogP contribution in [0.4, 0.5) is 14.9 Å². The highest BCUT2D eigenvalue weighted by molar-refractivity contribution is 7.10. The Morgan fingerprint density at radius 2 is 1.80 bits per heavy atom. The predicted molar refractivity (Wildman–Crippen MR) is 138 cm³/mol. The number of benzene rings is 2. The molecule has 0 saturated heterocycles. The van der Waals surface area contributed by atoms with Gasteiger partial charge >= 0.3 is 6.03 Å². The van der Waals surface area contributed by atoms with Crippen LogP contribution < -0.4 is 10.1 Å². The number of hydrogen-bond acceptors (Lipinski definition) is 4. The van der Waals surface area contributed by atoms with Crippen molar-refractivity contribution in [3.05, 3.63) is 81.8 Å². The number of carbonyl (C=O) groups excluding carboxylic acids is 2. The van der Waals surface area contributed by atoms with Gasteiger partial charge in [0.25, 0.3) is 0 Å². The summed E-state index contributed by atoms with van der Waals surface area (Å²) < 4.78 is 18.8. The first kappa shape index (κ1) is 26.2. The van der Waals surface area contributed by atoms with Gasteiger partial charge in [0.15, 0.2) is 0 Å². The van der Waals surface area contributed by atoms with Crippen molar-refractivity contribution in [1.82, 2.24) is 9.80 Å². The molecule has 0 radical (unpaired) electrons. The van der Waals surface area contributed by atoms with Gasteiger partial charge in [0.2, 0.25) is 5.91 Å². The second-order valence-electron chi connectivity index (χ2n) is 8.42. The van der Waals surface area contributed by atoms with Gasteiger partial charge < -0.3 is 19.9 Å². The Labute approximate surface area is 210 Å². The number of anilines is 1. The number of ether oxygens (including phenoxy) is 1. The molecule has 3 rings (SSSR count). The summed E-state index contributed by atoms with van der Waals surface area (Å²) >= 11 is 1.59. The lowest BCUT2D eigenvalue weighted by molar-refractivity contribution is -0.133. The molecule has 6 nitrogen and oxygen atoms in total.